The van der Waals surface area contributed by atoms with Gasteiger partial charge in [-0.2, -0.15) is 0 Å². The van der Waals surface area contributed by atoms with Crippen molar-refractivity contribution in [3.63, 3.8) is 0 Å². The van der Waals surface area contributed by atoms with Gasteiger partial charge in [0.2, 0.25) is 0 Å². The van der Waals surface area contributed by atoms with E-state index in [1.807, 2.05) is 0 Å². The standard InChI is InChI=1S/2ClH.2Mg.H2O/h2*1H;;;1H2/q;;;+2;/p-2. The van der Waals surface area contributed by atoms with Gasteiger partial charge in [-0.15, -0.1) is 0 Å². The van der Waals surface area contributed by atoms with Crippen molar-refractivity contribution in [1.82, 2.24) is 0 Å². The normalized spacial score (nSPS) is 0. The Labute approximate surface area is 75.7 Å². The molecule has 0 saturated heterocycles. The summed E-state index contributed by atoms with van der Waals surface area (Å²) >= 11 is 0. The molecule has 5 heteroatoms. The molecule has 26 valence electrons. The molecule has 0 aromatic heterocycles. The van der Waals surface area contributed by atoms with Gasteiger partial charge in [0, 0.05) is 23.1 Å². The summed E-state index contributed by atoms with van der Waals surface area (Å²) < 4.78 is 0. The minimum atomic E-state index is 0. The fourth-order valence-electron chi connectivity index (χ4n) is 0. The molecule has 0 spiro atoms. The molecule has 0 saturated carbocycles. The Bertz CT molecular complexity index is 7.61. The number of hydrogen-bond acceptors (Lipinski definition) is 0. The van der Waals surface area contributed by atoms with Crippen LogP contribution in [0.2, 0.25) is 0 Å². The van der Waals surface area contributed by atoms with E-state index in [1.54, 1.807) is 0 Å². The van der Waals surface area contributed by atoms with Gasteiger partial charge in [-0.1, -0.05) is 0 Å². The first-order chi connectivity index (χ1) is 0. The van der Waals surface area contributed by atoms with Crippen LogP contribution in [0.5, 0.6) is 0 Å². The van der Waals surface area contributed by atoms with E-state index < -0.39 is 0 Å². The maximum atomic E-state index is 0. The molecule has 0 amide bonds. The maximum Gasteiger partial charge on any atom is 2.00 e. The summed E-state index contributed by atoms with van der Waals surface area (Å²) in [7, 11) is 0. The largest absolute Gasteiger partial charge is 2.00 e. The zero-order valence-corrected chi connectivity index (χ0v) is 7.01. The molecule has 0 atom stereocenters. The molecular weight excluding hydrogens is 136 g/mol. The van der Waals surface area contributed by atoms with Gasteiger partial charge < -0.3 is 30.3 Å². The Balaban J connectivity index is 0. The molecule has 0 aliphatic rings. The number of halogens is 2. The first kappa shape index (κ1) is 60.7. The molecular formula is H2Cl2Mg2O. The molecule has 2 N–H and O–H groups in total. The summed E-state index contributed by atoms with van der Waals surface area (Å²) in [5, 5.41) is 0. The number of rotatable bonds is 0. The van der Waals surface area contributed by atoms with E-state index in [2.05, 4.69) is 0 Å². The molecule has 0 rings (SSSR count). The summed E-state index contributed by atoms with van der Waals surface area (Å²) in [6.45, 7) is 0. The maximum absolute atomic E-state index is 0. The third-order valence-corrected chi connectivity index (χ3v) is 0. The molecule has 0 aromatic carbocycles. The Morgan fingerprint density at radius 1 is 0.800 bits per heavy atom. The monoisotopic (exact) mass is 136 g/mol. The molecule has 0 unspecified atom stereocenters. The molecule has 0 bridgehead atoms. The van der Waals surface area contributed by atoms with Crippen molar-refractivity contribution < 1.29 is 30.3 Å². The zero-order valence-electron chi connectivity index (χ0n) is 2.67. The minimum absolute atomic E-state index is 0. The summed E-state index contributed by atoms with van der Waals surface area (Å²) in [5.41, 5.74) is 0. The van der Waals surface area contributed by atoms with E-state index in [-0.39, 0.29) is 76.4 Å². The molecule has 0 heterocycles. The van der Waals surface area contributed by atoms with Crippen LogP contribution in [0.1, 0.15) is 0 Å². The fourth-order valence-corrected chi connectivity index (χ4v) is 0. The average Bonchev–Trinajstić information content (AvgIpc) is 0. The smallest absolute Gasteiger partial charge is 1.00 e. The molecule has 0 aliphatic carbocycles. The van der Waals surface area contributed by atoms with Gasteiger partial charge in [0.05, 0.1) is 0 Å². The van der Waals surface area contributed by atoms with Crippen LogP contribution in [-0.2, 0) is 0 Å². The summed E-state index contributed by atoms with van der Waals surface area (Å²) in [6.07, 6.45) is 0. The van der Waals surface area contributed by atoms with Crippen LogP contribution in [0.15, 0.2) is 0 Å². The van der Waals surface area contributed by atoms with Crippen LogP contribution >= 0.6 is 0 Å². The Kier molecular flexibility index (Phi) is 442. The van der Waals surface area contributed by atoms with Gasteiger partial charge in [0.1, 0.15) is 0 Å². The minimum Gasteiger partial charge on any atom is -1.00 e. The fraction of sp³-hybridized carbons (Fsp3) is 0. The van der Waals surface area contributed by atoms with E-state index in [1.165, 1.54) is 0 Å². The molecule has 5 heavy (non-hydrogen) atoms. The Morgan fingerprint density at radius 3 is 0.800 bits per heavy atom. The Morgan fingerprint density at radius 2 is 0.800 bits per heavy atom. The zero-order chi connectivity index (χ0) is 0. The average molecular weight is 138 g/mol. The van der Waals surface area contributed by atoms with Crippen LogP contribution in [0.4, 0.5) is 0 Å². The summed E-state index contributed by atoms with van der Waals surface area (Å²) in [4.78, 5) is 0. The molecule has 2 radical (unpaired) electrons. The first-order valence-corrected chi connectivity index (χ1v) is 0. The van der Waals surface area contributed by atoms with E-state index in [9.17, 15) is 0 Å². The third-order valence-electron chi connectivity index (χ3n) is 0. The van der Waals surface area contributed by atoms with Gasteiger partial charge in [-0.25, -0.2) is 0 Å². The topological polar surface area (TPSA) is 31.5 Å². The van der Waals surface area contributed by atoms with E-state index >= 15 is 0 Å². The predicted octanol–water partition coefficient (Wildman–Crippen LogP) is -7.58. The van der Waals surface area contributed by atoms with Gasteiger partial charge in [-0.05, 0) is 0 Å². The summed E-state index contributed by atoms with van der Waals surface area (Å²) in [6, 6.07) is 0. The second-order valence-electron chi connectivity index (χ2n) is 0. The second-order valence-corrected chi connectivity index (χ2v) is 0. The van der Waals surface area contributed by atoms with Crippen molar-refractivity contribution in [2.24, 2.45) is 0 Å². The van der Waals surface area contributed by atoms with Crippen molar-refractivity contribution in [3.05, 3.63) is 0 Å². The van der Waals surface area contributed by atoms with Crippen molar-refractivity contribution in [1.29, 1.82) is 0 Å². The molecule has 0 aromatic rings. The SMILES string of the molecule is O.[Cl-].[Cl-].[Mg+2].[Mg]. The van der Waals surface area contributed by atoms with Crippen molar-refractivity contribution in [2.45, 2.75) is 0 Å². The van der Waals surface area contributed by atoms with Crippen molar-refractivity contribution in [3.8, 4) is 0 Å². The van der Waals surface area contributed by atoms with Crippen molar-refractivity contribution in [2.75, 3.05) is 0 Å². The van der Waals surface area contributed by atoms with E-state index in [0.717, 1.165) is 0 Å². The molecule has 0 aliphatic heterocycles. The van der Waals surface area contributed by atoms with Gasteiger partial charge >= 0.3 is 23.1 Å². The van der Waals surface area contributed by atoms with Crippen LogP contribution in [0.25, 0.3) is 0 Å². The Hall–Kier alpha value is 2.07. The van der Waals surface area contributed by atoms with E-state index in [4.69, 9.17) is 0 Å². The van der Waals surface area contributed by atoms with Crippen LogP contribution in [-0.4, -0.2) is 51.6 Å². The first-order valence-electron chi connectivity index (χ1n) is 0. The van der Waals surface area contributed by atoms with E-state index in [0.29, 0.717) is 0 Å². The predicted molar refractivity (Wildman–Crippen MR) is 15.1 cm³/mol. The van der Waals surface area contributed by atoms with Gasteiger partial charge in [0.15, 0.2) is 0 Å². The molecule has 1 nitrogen and oxygen atoms in total. The van der Waals surface area contributed by atoms with Crippen LogP contribution in [0.3, 0.4) is 0 Å². The number of hydrogen-bond donors (Lipinski definition) is 0. The van der Waals surface area contributed by atoms with Crippen LogP contribution in [0, 0.1) is 0 Å². The van der Waals surface area contributed by atoms with Gasteiger partial charge in [-0.3, -0.25) is 0 Å². The molecule has 0 fully saturated rings. The quantitative estimate of drug-likeness (QED) is 0.297. The third kappa shape index (κ3) is 23.4. The van der Waals surface area contributed by atoms with Crippen LogP contribution < -0.4 is 24.8 Å². The summed E-state index contributed by atoms with van der Waals surface area (Å²) in [5.74, 6) is 0. The van der Waals surface area contributed by atoms with Gasteiger partial charge in [0.25, 0.3) is 0 Å². The van der Waals surface area contributed by atoms with Crippen molar-refractivity contribution >= 4 is 46.1 Å². The second kappa shape index (κ2) is 36.4.